The molecule has 0 radical (unpaired) electrons. The van der Waals surface area contributed by atoms with Gasteiger partial charge in [0.25, 0.3) is 0 Å². The van der Waals surface area contributed by atoms with Crippen LogP contribution >= 0.6 is 11.8 Å². The van der Waals surface area contributed by atoms with Crippen molar-refractivity contribution in [2.24, 2.45) is 7.05 Å². The predicted octanol–water partition coefficient (Wildman–Crippen LogP) is 3.69. The molecule has 142 valence electrons. The van der Waals surface area contributed by atoms with Crippen LogP contribution in [0.2, 0.25) is 0 Å². The van der Waals surface area contributed by atoms with Gasteiger partial charge in [0, 0.05) is 13.1 Å². The zero-order valence-electron chi connectivity index (χ0n) is 15.8. The molecule has 1 amide bonds. The Hall–Kier alpha value is -2.54. The van der Waals surface area contributed by atoms with Crippen LogP contribution in [-0.4, -0.2) is 32.0 Å². The number of nitrogens with one attached hydrogen (secondary N) is 1. The summed E-state index contributed by atoms with van der Waals surface area (Å²) in [6.45, 7) is 3.92. The highest BCUT2D eigenvalue weighted by Gasteiger charge is 2.21. The van der Waals surface area contributed by atoms with Crippen molar-refractivity contribution < 1.29 is 9.21 Å². The highest BCUT2D eigenvalue weighted by Crippen LogP contribution is 2.25. The van der Waals surface area contributed by atoms with Gasteiger partial charge in [-0.15, -0.1) is 10.2 Å². The molecule has 27 heavy (non-hydrogen) atoms. The second-order valence-electron chi connectivity index (χ2n) is 6.54. The van der Waals surface area contributed by atoms with Gasteiger partial charge in [-0.25, -0.2) is 0 Å². The van der Waals surface area contributed by atoms with Crippen molar-refractivity contribution in [3.05, 3.63) is 54.3 Å². The van der Waals surface area contributed by atoms with E-state index in [9.17, 15) is 4.79 Å². The molecular formula is C20H24N4O2S. The van der Waals surface area contributed by atoms with Gasteiger partial charge in [-0.3, -0.25) is 4.79 Å². The average molecular weight is 385 g/mol. The average Bonchev–Trinajstić information content (AvgIpc) is 3.31. The number of rotatable bonds is 8. The molecule has 0 aliphatic heterocycles. The second-order valence-corrected chi connectivity index (χ2v) is 7.84. The molecule has 0 unspecified atom stereocenters. The molecule has 0 saturated heterocycles. The summed E-state index contributed by atoms with van der Waals surface area (Å²) in [6.07, 6.45) is 3.45. The maximum absolute atomic E-state index is 12.5. The maximum Gasteiger partial charge on any atom is 0.233 e. The fourth-order valence-corrected chi connectivity index (χ4v) is 3.53. The zero-order valence-corrected chi connectivity index (χ0v) is 16.6. The van der Waals surface area contributed by atoms with Gasteiger partial charge in [-0.1, -0.05) is 42.1 Å². The molecule has 6 nitrogen and oxygen atoms in total. The largest absolute Gasteiger partial charge is 0.461 e. The molecule has 3 rings (SSSR count). The lowest BCUT2D eigenvalue weighted by Gasteiger charge is -2.17. The second kappa shape index (κ2) is 8.90. The third-order valence-corrected chi connectivity index (χ3v) is 5.46. The summed E-state index contributed by atoms with van der Waals surface area (Å²) in [5.74, 6) is 1.30. The predicted molar refractivity (Wildman–Crippen MR) is 106 cm³/mol. The Morgan fingerprint density at radius 1 is 1.19 bits per heavy atom. The number of hydrogen-bond donors (Lipinski definition) is 1. The summed E-state index contributed by atoms with van der Waals surface area (Å²) in [4.78, 5) is 12.5. The molecule has 1 N–H and O–H groups in total. The van der Waals surface area contributed by atoms with Crippen LogP contribution in [0.5, 0.6) is 0 Å². The van der Waals surface area contributed by atoms with E-state index >= 15 is 0 Å². The molecule has 2 aromatic heterocycles. The molecule has 0 aliphatic carbocycles. The Kier molecular flexibility index (Phi) is 6.34. The topological polar surface area (TPSA) is 73.0 Å². The first-order valence-corrected chi connectivity index (χ1v) is 9.86. The Balaban J connectivity index is 1.52. The van der Waals surface area contributed by atoms with Gasteiger partial charge >= 0.3 is 0 Å². The van der Waals surface area contributed by atoms with Crippen molar-refractivity contribution in [1.82, 2.24) is 20.1 Å². The lowest BCUT2D eigenvalue weighted by molar-refractivity contribution is -0.120. The number of aromatic nitrogens is 3. The monoisotopic (exact) mass is 384 g/mol. The van der Waals surface area contributed by atoms with E-state index in [0.29, 0.717) is 16.7 Å². The smallest absolute Gasteiger partial charge is 0.233 e. The minimum absolute atomic E-state index is 0.00288. The summed E-state index contributed by atoms with van der Waals surface area (Å²) in [5.41, 5.74) is 1.28. The molecule has 3 aromatic rings. The fraction of sp³-hybridized carbons (Fsp3) is 0.350. The van der Waals surface area contributed by atoms with Crippen LogP contribution in [-0.2, 0) is 18.3 Å². The number of hydrogen-bond acceptors (Lipinski definition) is 5. The number of nitrogens with zero attached hydrogens (tertiary/aromatic N) is 3. The van der Waals surface area contributed by atoms with E-state index in [0.717, 1.165) is 12.8 Å². The highest BCUT2D eigenvalue weighted by atomic mass is 32.2. The Labute approximate surface area is 163 Å². The van der Waals surface area contributed by atoms with Crippen molar-refractivity contribution in [1.29, 1.82) is 0 Å². The third-order valence-electron chi connectivity index (χ3n) is 4.33. The van der Waals surface area contributed by atoms with Crippen molar-refractivity contribution in [3.8, 4) is 11.6 Å². The SMILES string of the molecule is C[C@H](CCc1ccccc1)NC(=O)[C@@H](C)Sc1nnc(-c2ccco2)n1C. The van der Waals surface area contributed by atoms with Crippen LogP contribution in [0.3, 0.4) is 0 Å². The number of amides is 1. The quantitative estimate of drug-likeness (QED) is 0.600. The molecular weight excluding hydrogens is 360 g/mol. The minimum atomic E-state index is -0.267. The van der Waals surface area contributed by atoms with E-state index in [-0.39, 0.29) is 17.2 Å². The number of carbonyl (C=O) groups is 1. The molecule has 2 heterocycles. The Morgan fingerprint density at radius 2 is 1.96 bits per heavy atom. The molecule has 0 bridgehead atoms. The van der Waals surface area contributed by atoms with E-state index in [1.807, 2.05) is 55.8 Å². The highest BCUT2D eigenvalue weighted by molar-refractivity contribution is 8.00. The van der Waals surface area contributed by atoms with E-state index in [1.165, 1.54) is 17.3 Å². The number of aryl methyl sites for hydroxylation is 1. The normalized spacial score (nSPS) is 13.3. The molecule has 0 spiro atoms. The first kappa shape index (κ1) is 19.2. The molecule has 0 aliphatic rings. The Bertz CT molecular complexity index is 862. The van der Waals surface area contributed by atoms with Crippen LogP contribution in [0.1, 0.15) is 25.8 Å². The zero-order chi connectivity index (χ0) is 19.2. The van der Waals surface area contributed by atoms with Crippen molar-refractivity contribution in [3.63, 3.8) is 0 Å². The van der Waals surface area contributed by atoms with Gasteiger partial charge in [-0.05, 0) is 44.4 Å². The number of benzene rings is 1. The molecule has 1 aromatic carbocycles. The number of carbonyl (C=O) groups excluding carboxylic acids is 1. The van der Waals surface area contributed by atoms with Gasteiger partial charge < -0.3 is 14.3 Å². The van der Waals surface area contributed by atoms with Gasteiger partial charge in [0.15, 0.2) is 16.7 Å². The molecule has 0 saturated carbocycles. The van der Waals surface area contributed by atoms with Gasteiger partial charge in [0.1, 0.15) is 0 Å². The van der Waals surface area contributed by atoms with Crippen LogP contribution in [0.25, 0.3) is 11.6 Å². The summed E-state index contributed by atoms with van der Waals surface area (Å²) >= 11 is 1.39. The third kappa shape index (κ3) is 5.01. The van der Waals surface area contributed by atoms with E-state index in [2.05, 4.69) is 27.6 Å². The first-order chi connectivity index (χ1) is 13.0. The van der Waals surface area contributed by atoms with Crippen LogP contribution in [0.15, 0.2) is 58.3 Å². The molecule has 0 fully saturated rings. The standard InChI is InChI=1S/C20H24N4O2S/c1-14(11-12-16-8-5-4-6-9-16)21-19(25)15(2)27-20-23-22-18(24(20)3)17-10-7-13-26-17/h4-10,13-15H,11-12H2,1-3H3,(H,21,25)/t14-,15-/m1/s1. The van der Waals surface area contributed by atoms with Gasteiger partial charge in [-0.2, -0.15) is 0 Å². The summed E-state index contributed by atoms with van der Waals surface area (Å²) < 4.78 is 7.21. The molecule has 2 atom stereocenters. The summed E-state index contributed by atoms with van der Waals surface area (Å²) in [6, 6.07) is 14.1. The van der Waals surface area contributed by atoms with E-state index in [4.69, 9.17) is 4.42 Å². The van der Waals surface area contributed by atoms with Crippen LogP contribution < -0.4 is 5.32 Å². The van der Waals surface area contributed by atoms with Crippen LogP contribution in [0.4, 0.5) is 0 Å². The summed E-state index contributed by atoms with van der Waals surface area (Å²) in [5, 5.41) is 11.8. The number of furan rings is 1. The van der Waals surface area contributed by atoms with Crippen LogP contribution in [0, 0.1) is 0 Å². The maximum atomic E-state index is 12.5. The van der Waals surface area contributed by atoms with Gasteiger partial charge in [0.2, 0.25) is 5.91 Å². The Morgan fingerprint density at radius 3 is 2.67 bits per heavy atom. The first-order valence-electron chi connectivity index (χ1n) is 8.99. The van der Waals surface area contributed by atoms with Gasteiger partial charge in [0.05, 0.1) is 11.5 Å². The van der Waals surface area contributed by atoms with E-state index < -0.39 is 0 Å². The van der Waals surface area contributed by atoms with E-state index in [1.54, 1.807) is 6.26 Å². The van der Waals surface area contributed by atoms with Crippen molar-refractivity contribution in [2.75, 3.05) is 0 Å². The minimum Gasteiger partial charge on any atom is -0.461 e. The summed E-state index contributed by atoms with van der Waals surface area (Å²) in [7, 11) is 1.87. The molecule has 7 heteroatoms. The fourth-order valence-electron chi connectivity index (χ4n) is 2.71. The lowest BCUT2D eigenvalue weighted by atomic mass is 10.1. The lowest BCUT2D eigenvalue weighted by Crippen LogP contribution is -2.38. The van der Waals surface area contributed by atoms with Crippen molar-refractivity contribution in [2.45, 2.75) is 43.1 Å². The van der Waals surface area contributed by atoms with Crippen molar-refractivity contribution >= 4 is 17.7 Å². The number of thioether (sulfide) groups is 1.